The molecule has 68 valence electrons. The number of aromatic nitrogens is 2. The van der Waals surface area contributed by atoms with Crippen molar-refractivity contribution in [3.8, 4) is 6.19 Å². The second-order valence-electron chi connectivity index (χ2n) is 2.36. The van der Waals surface area contributed by atoms with Gasteiger partial charge in [-0.3, -0.25) is 10.1 Å². The van der Waals surface area contributed by atoms with Gasteiger partial charge in [0, 0.05) is 0 Å². The Morgan fingerprint density at radius 3 is 3.15 bits per heavy atom. The van der Waals surface area contributed by atoms with Gasteiger partial charge < -0.3 is 0 Å². The smallest absolute Gasteiger partial charge is 0.267 e. The summed E-state index contributed by atoms with van der Waals surface area (Å²) in [5, 5.41) is 14.1. The van der Waals surface area contributed by atoms with Gasteiger partial charge in [-0.05, 0) is 18.0 Å². The summed E-state index contributed by atoms with van der Waals surface area (Å²) in [5.41, 5.74) is 0.667. The molecule has 1 N–H and O–H groups in total. The van der Waals surface area contributed by atoms with Crippen LogP contribution in [-0.2, 0) is 6.42 Å². The number of nitrogens with one attached hydrogen (secondary N) is 1. The molecule has 0 radical (unpaired) electrons. The molecule has 13 heavy (non-hydrogen) atoms. The molecule has 0 unspecified atom stereocenters. The van der Waals surface area contributed by atoms with Crippen LogP contribution in [0.2, 0.25) is 0 Å². The van der Waals surface area contributed by atoms with E-state index in [1.807, 2.05) is 12.2 Å². The quantitative estimate of drug-likeness (QED) is 0.570. The van der Waals surface area contributed by atoms with Crippen LogP contribution in [-0.4, -0.2) is 15.5 Å². The summed E-state index contributed by atoms with van der Waals surface area (Å²) in [7, 11) is 0. The first-order valence-electron chi connectivity index (χ1n) is 3.80. The van der Waals surface area contributed by atoms with Gasteiger partial charge in [0.15, 0.2) is 6.19 Å². The maximum Gasteiger partial charge on any atom is 0.277 e. The maximum absolute atomic E-state index is 11.2. The normalized spacial score (nSPS) is 9.23. The molecule has 0 aromatic carbocycles. The van der Waals surface area contributed by atoms with Crippen molar-refractivity contribution in [2.24, 2.45) is 0 Å². The Labute approximate surface area is 79.5 Å². The van der Waals surface area contributed by atoms with Gasteiger partial charge in [-0.1, -0.05) is 17.8 Å². The molecule has 1 rings (SSSR count). The maximum atomic E-state index is 11.2. The van der Waals surface area contributed by atoms with E-state index in [-0.39, 0.29) is 0 Å². The first-order chi connectivity index (χ1) is 6.29. The minimum absolute atomic E-state index is 0.416. The molecule has 0 saturated heterocycles. The number of nitriles is 1. The Hall–Kier alpha value is -1.48. The van der Waals surface area contributed by atoms with Crippen molar-refractivity contribution in [2.75, 3.05) is 0 Å². The Kier molecular flexibility index (Phi) is 3.34. The molecule has 0 saturated carbocycles. The van der Waals surface area contributed by atoms with E-state index in [1.54, 1.807) is 6.19 Å². The third-order valence-electron chi connectivity index (χ3n) is 1.42. The zero-order chi connectivity index (χ0) is 9.68. The molecule has 0 aliphatic carbocycles. The Bertz CT molecular complexity index is 341. The number of amides is 1. The number of hydrogen-bond acceptors (Lipinski definition) is 5. The third-order valence-corrected chi connectivity index (χ3v) is 2.19. The van der Waals surface area contributed by atoms with Crippen molar-refractivity contribution < 1.29 is 4.79 Å². The van der Waals surface area contributed by atoms with E-state index in [0.29, 0.717) is 17.0 Å². The summed E-state index contributed by atoms with van der Waals surface area (Å²) in [6, 6.07) is 0. The van der Waals surface area contributed by atoms with E-state index >= 15 is 0 Å². The van der Waals surface area contributed by atoms with E-state index in [1.165, 1.54) is 0 Å². The molecule has 1 aromatic heterocycles. The van der Waals surface area contributed by atoms with Crippen molar-refractivity contribution in [3.63, 3.8) is 0 Å². The molecule has 0 atom stereocenters. The highest BCUT2D eigenvalue weighted by Crippen LogP contribution is 2.11. The summed E-state index contributed by atoms with van der Waals surface area (Å²) in [6.07, 6.45) is 3.19. The Balaban J connectivity index is 2.82. The van der Waals surface area contributed by atoms with Gasteiger partial charge in [-0.15, -0.1) is 5.10 Å². The zero-order valence-corrected chi connectivity index (χ0v) is 7.89. The first-order valence-corrected chi connectivity index (χ1v) is 4.57. The zero-order valence-electron chi connectivity index (χ0n) is 7.07. The largest absolute Gasteiger partial charge is 0.277 e. The lowest BCUT2D eigenvalue weighted by Crippen LogP contribution is -2.17. The van der Waals surface area contributed by atoms with Crippen LogP contribution in [0.3, 0.4) is 0 Å². The van der Waals surface area contributed by atoms with Gasteiger partial charge in [0.2, 0.25) is 0 Å². The van der Waals surface area contributed by atoms with Gasteiger partial charge in [-0.25, -0.2) is 0 Å². The standard InChI is InChI=1S/C7H8N4OS/c1-2-3-5-6(13-11-10-5)7(12)9-4-8/h2-3H2,1H3,(H,9,12). The Morgan fingerprint density at radius 2 is 2.54 bits per heavy atom. The predicted molar refractivity (Wildman–Crippen MR) is 47.0 cm³/mol. The van der Waals surface area contributed by atoms with Crippen molar-refractivity contribution in [2.45, 2.75) is 19.8 Å². The van der Waals surface area contributed by atoms with Gasteiger partial charge in [0.05, 0.1) is 5.69 Å². The SMILES string of the molecule is CCCc1nnsc1C(=O)NC#N. The number of rotatable bonds is 3. The molecule has 0 aliphatic rings. The fourth-order valence-electron chi connectivity index (χ4n) is 0.889. The minimum Gasteiger partial charge on any atom is -0.267 e. The molecule has 0 bridgehead atoms. The molecule has 0 aliphatic heterocycles. The summed E-state index contributed by atoms with van der Waals surface area (Å²) in [6.45, 7) is 1.99. The number of hydrogen-bond donors (Lipinski definition) is 1. The van der Waals surface area contributed by atoms with Crippen LogP contribution in [0.4, 0.5) is 0 Å². The molecular weight excluding hydrogens is 188 g/mol. The van der Waals surface area contributed by atoms with Crippen LogP contribution in [0.1, 0.15) is 28.7 Å². The van der Waals surface area contributed by atoms with E-state index in [9.17, 15) is 4.79 Å². The van der Waals surface area contributed by atoms with Crippen LogP contribution in [0.5, 0.6) is 0 Å². The summed E-state index contributed by atoms with van der Waals surface area (Å²) in [5.74, 6) is -0.416. The van der Waals surface area contributed by atoms with Crippen molar-refractivity contribution >= 4 is 17.4 Å². The molecule has 1 amide bonds. The van der Waals surface area contributed by atoms with Crippen LogP contribution < -0.4 is 5.32 Å². The van der Waals surface area contributed by atoms with Crippen LogP contribution in [0.15, 0.2) is 0 Å². The topological polar surface area (TPSA) is 78.7 Å². The molecule has 6 heteroatoms. The number of aryl methyl sites for hydroxylation is 1. The van der Waals surface area contributed by atoms with Crippen molar-refractivity contribution in [3.05, 3.63) is 10.6 Å². The van der Waals surface area contributed by atoms with E-state index in [4.69, 9.17) is 5.26 Å². The minimum atomic E-state index is -0.416. The predicted octanol–water partition coefficient (Wildman–Crippen LogP) is 0.701. The van der Waals surface area contributed by atoms with Gasteiger partial charge in [0.25, 0.3) is 5.91 Å². The van der Waals surface area contributed by atoms with Gasteiger partial charge in [0.1, 0.15) is 4.88 Å². The fourth-order valence-corrected chi connectivity index (χ4v) is 1.49. The van der Waals surface area contributed by atoms with Gasteiger partial charge in [-0.2, -0.15) is 5.26 Å². The van der Waals surface area contributed by atoms with Crippen LogP contribution in [0, 0.1) is 11.5 Å². The monoisotopic (exact) mass is 196 g/mol. The summed E-state index contributed by atoms with van der Waals surface area (Å²) >= 11 is 1.01. The number of nitrogens with zero attached hydrogens (tertiary/aromatic N) is 3. The lowest BCUT2D eigenvalue weighted by Gasteiger charge is -1.94. The highest BCUT2D eigenvalue weighted by molar-refractivity contribution is 7.08. The Morgan fingerprint density at radius 1 is 1.77 bits per heavy atom. The highest BCUT2D eigenvalue weighted by atomic mass is 32.1. The number of carbonyl (C=O) groups excluding carboxylic acids is 1. The second-order valence-corrected chi connectivity index (χ2v) is 3.12. The van der Waals surface area contributed by atoms with E-state index < -0.39 is 5.91 Å². The highest BCUT2D eigenvalue weighted by Gasteiger charge is 2.14. The van der Waals surface area contributed by atoms with Gasteiger partial charge >= 0.3 is 0 Å². The fraction of sp³-hybridized carbons (Fsp3) is 0.429. The van der Waals surface area contributed by atoms with Crippen molar-refractivity contribution in [1.29, 1.82) is 5.26 Å². The first kappa shape index (κ1) is 9.61. The van der Waals surface area contributed by atoms with Crippen molar-refractivity contribution in [1.82, 2.24) is 14.9 Å². The third kappa shape index (κ3) is 2.23. The summed E-state index contributed by atoms with van der Waals surface area (Å²) < 4.78 is 3.67. The van der Waals surface area contributed by atoms with E-state index in [2.05, 4.69) is 9.59 Å². The lowest BCUT2D eigenvalue weighted by atomic mass is 10.2. The molecule has 1 aromatic rings. The number of carbonyl (C=O) groups is 1. The molecule has 5 nitrogen and oxygen atoms in total. The molecule has 0 spiro atoms. The average Bonchev–Trinajstić information content (AvgIpc) is 2.54. The van der Waals surface area contributed by atoms with Crippen LogP contribution >= 0.6 is 11.5 Å². The van der Waals surface area contributed by atoms with E-state index in [0.717, 1.165) is 18.0 Å². The average molecular weight is 196 g/mol. The van der Waals surface area contributed by atoms with Crippen LogP contribution in [0.25, 0.3) is 0 Å². The molecule has 0 fully saturated rings. The summed E-state index contributed by atoms with van der Waals surface area (Å²) in [4.78, 5) is 11.6. The lowest BCUT2D eigenvalue weighted by molar-refractivity contribution is 0.0975. The molecular formula is C7H8N4OS. The molecule has 1 heterocycles. The second kappa shape index (κ2) is 4.52.